The number of hydrogen-bond acceptors (Lipinski definition) is 4. The summed E-state index contributed by atoms with van der Waals surface area (Å²) in [6.07, 6.45) is 5.32. The topological polar surface area (TPSA) is 71.9 Å². The molecule has 3 rings (SSSR count). The Kier molecular flexibility index (Phi) is 6.44. The van der Waals surface area contributed by atoms with Crippen molar-refractivity contribution < 1.29 is 17.9 Å². The second-order valence-corrected chi connectivity index (χ2v) is 9.06. The summed E-state index contributed by atoms with van der Waals surface area (Å²) in [7, 11) is -0.386. The Labute approximate surface area is 172 Å². The third-order valence-electron chi connectivity index (χ3n) is 5.03. The molecule has 0 spiro atoms. The van der Waals surface area contributed by atoms with Crippen LogP contribution in [0.2, 0.25) is 0 Å². The normalized spacial score (nSPS) is 14.0. The lowest BCUT2D eigenvalue weighted by molar-refractivity contribution is -0.132. The summed E-state index contributed by atoms with van der Waals surface area (Å²) in [5, 5.41) is 0. The van der Waals surface area contributed by atoms with Gasteiger partial charge in [0.1, 0.15) is 5.75 Å². The maximum atomic E-state index is 13.1. The van der Waals surface area contributed by atoms with Gasteiger partial charge in [0.25, 0.3) is 0 Å². The van der Waals surface area contributed by atoms with Gasteiger partial charge in [0.05, 0.1) is 25.1 Å². The molecule has 156 valence electrons. The average molecular weight is 418 g/mol. The lowest BCUT2D eigenvalue weighted by atomic mass is 10.3. The monoisotopic (exact) mass is 417 g/mol. The number of aryl methyl sites for hydroxylation is 1. The Morgan fingerprint density at radius 3 is 2.48 bits per heavy atom. The molecule has 0 atom stereocenters. The quantitative estimate of drug-likeness (QED) is 0.557. The van der Waals surface area contributed by atoms with Crippen LogP contribution < -0.4 is 4.74 Å². The van der Waals surface area contributed by atoms with Crippen molar-refractivity contribution >= 4 is 15.9 Å². The van der Waals surface area contributed by atoms with Crippen molar-refractivity contribution in [1.29, 1.82) is 0 Å². The fourth-order valence-electron chi connectivity index (χ4n) is 3.17. The van der Waals surface area contributed by atoms with E-state index >= 15 is 0 Å². The molecule has 7 nitrogen and oxygen atoms in total. The van der Waals surface area contributed by atoms with Gasteiger partial charge in [0.15, 0.2) is 0 Å². The van der Waals surface area contributed by atoms with Gasteiger partial charge in [-0.05, 0) is 49.2 Å². The molecule has 0 saturated heterocycles. The van der Waals surface area contributed by atoms with E-state index in [9.17, 15) is 13.2 Å². The third-order valence-corrected chi connectivity index (χ3v) is 6.86. The second-order valence-electron chi connectivity index (χ2n) is 7.13. The van der Waals surface area contributed by atoms with Crippen molar-refractivity contribution in [3.05, 3.63) is 60.9 Å². The number of benzene rings is 1. The molecule has 1 fully saturated rings. The fraction of sp³-hybridized carbons (Fsp3) is 0.381. The van der Waals surface area contributed by atoms with E-state index in [0.717, 1.165) is 18.5 Å². The molecule has 1 aliphatic rings. The van der Waals surface area contributed by atoms with Gasteiger partial charge >= 0.3 is 0 Å². The standard InChI is InChI=1S/C21H27N3O4S/c1-4-13-23(29(26,27)20-11-9-19(28-3)10-12-20)16-21(25)24(17-7-8-17)15-18-6-5-14-22(18)2/h4-6,9-12,14,17H,1,7-8,13,15-16H2,2-3H3. The van der Waals surface area contributed by atoms with Gasteiger partial charge in [0, 0.05) is 31.5 Å². The van der Waals surface area contributed by atoms with Gasteiger partial charge in [-0.15, -0.1) is 6.58 Å². The number of aromatic nitrogens is 1. The number of hydrogen-bond donors (Lipinski definition) is 0. The van der Waals surface area contributed by atoms with E-state index in [1.807, 2.05) is 29.9 Å². The molecule has 1 heterocycles. The predicted molar refractivity (Wildman–Crippen MR) is 111 cm³/mol. The third kappa shape index (κ3) is 4.89. The van der Waals surface area contributed by atoms with Crippen LogP contribution in [0, 0.1) is 0 Å². The minimum atomic E-state index is -3.84. The Hall–Kier alpha value is -2.58. The van der Waals surface area contributed by atoms with Crippen molar-refractivity contribution in [3.8, 4) is 5.75 Å². The van der Waals surface area contributed by atoms with Crippen molar-refractivity contribution in [2.24, 2.45) is 7.05 Å². The number of carbonyl (C=O) groups is 1. The van der Waals surface area contributed by atoms with Crippen LogP contribution >= 0.6 is 0 Å². The number of methoxy groups -OCH3 is 1. The average Bonchev–Trinajstić information content (AvgIpc) is 3.47. The van der Waals surface area contributed by atoms with Crippen molar-refractivity contribution in [1.82, 2.24) is 13.8 Å². The molecule has 0 radical (unpaired) electrons. The molecule has 0 bridgehead atoms. The molecule has 0 unspecified atom stereocenters. The second kappa shape index (κ2) is 8.84. The highest BCUT2D eigenvalue weighted by Crippen LogP contribution is 2.29. The highest BCUT2D eigenvalue weighted by atomic mass is 32.2. The Morgan fingerprint density at radius 1 is 1.28 bits per heavy atom. The molecular weight excluding hydrogens is 390 g/mol. The fourth-order valence-corrected chi connectivity index (χ4v) is 4.53. The minimum absolute atomic E-state index is 0.0583. The van der Waals surface area contributed by atoms with E-state index in [2.05, 4.69) is 6.58 Å². The lowest BCUT2D eigenvalue weighted by Gasteiger charge is -2.27. The highest BCUT2D eigenvalue weighted by molar-refractivity contribution is 7.89. The van der Waals surface area contributed by atoms with Gasteiger partial charge in [-0.2, -0.15) is 4.31 Å². The molecule has 8 heteroatoms. The van der Waals surface area contributed by atoms with Crippen LogP contribution in [0.15, 0.2) is 60.1 Å². The van der Waals surface area contributed by atoms with Crippen LogP contribution in [-0.4, -0.2) is 54.3 Å². The molecule has 1 aromatic carbocycles. The first-order valence-electron chi connectivity index (χ1n) is 9.51. The number of ether oxygens (including phenoxy) is 1. The summed E-state index contributed by atoms with van der Waals surface area (Å²) in [6.45, 7) is 3.96. The van der Waals surface area contributed by atoms with Crippen LogP contribution in [0.3, 0.4) is 0 Å². The van der Waals surface area contributed by atoms with E-state index in [1.165, 1.54) is 29.6 Å². The van der Waals surface area contributed by atoms with Gasteiger partial charge in [0.2, 0.25) is 15.9 Å². The SMILES string of the molecule is C=CCN(CC(=O)N(Cc1cccn1C)C1CC1)S(=O)(=O)c1ccc(OC)cc1. The number of carbonyl (C=O) groups excluding carboxylic acids is 1. The zero-order chi connectivity index (χ0) is 21.0. The van der Waals surface area contributed by atoms with Gasteiger partial charge in [-0.25, -0.2) is 8.42 Å². The van der Waals surface area contributed by atoms with Crippen LogP contribution in [0.1, 0.15) is 18.5 Å². The zero-order valence-electron chi connectivity index (χ0n) is 16.8. The summed E-state index contributed by atoms with van der Waals surface area (Å²) in [5.74, 6) is 0.366. The van der Waals surface area contributed by atoms with Crippen molar-refractivity contribution in [2.45, 2.75) is 30.3 Å². The maximum absolute atomic E-state index is 13.1. The Morgan fingerprint density at radius 2 is 1.97 bits per heavy atom. The van der Waals surface area contributed by atoms with Crippen LogP contribution in [0.5, 0.6) is 5.75 Å². The molecule has 29 heavy (non-hydrogen) atoms. The molecule has 0 aliphatic heterocycles. The van der Waals surface area contributed by atoms with Gasteiger partial charge in [-0.3, -0.25) is 4.79 Å². The van der Waals surface area contributed by atoms with Gasteiger partial charge < -0.3 is 14.2 Å². The number of sulfonamides is 1. The predicted octanol–water partition coefficient (Wildman–Crippen LogP) is 2.40. The molecular formula is C21H27N3O4S. The van der Waals surface area contributed by atoms with Crippen LogP contribution in [0.4, 0.5) is 0 Å². The van der Waals surface area contributed by atoms with E-state index < -0.39 is 10.0 Å². The van der Waals surface area contributed by atoms with Gasteiger partial charge in [-0.1, -0.05) is 6.08 Å². The first-order chi connectivity index (χ1) is 13.9. The first kappa shape index (κ1) is 21.1. The minimum Gasteiger partial charge on any atom is -0.497 e. The largest absolute Gasteiger partial charge is 0.497 e. The Bertz CT molecular complexity index is 962. The summed E-state index contributed by atoms with van der Waals surface area (Å²) in [6, 6.07) is 10.2. The van der Waals surface area contributed by atoms with Crippen molar-refractivity contribution in [2.75, 3.05) is 20.2 Å². The number of rotatable bonds is 10. The lowest BCUT2D eigenvalue weighted by Crippen LogP contribution is -2.43. The van der Waals surface area contributed by atoms with Crippen LogP contribution in [0.25, 0.3) is 0 Å². The molecule has 1 aliphatic carbocycles. The smallest absolute Gasteiger partial charge is 0.243 e. The maximum Gasteiger partial charge on any atom is 0.243 e. The summed E-state index contributed by atoms with van der Waals surface area (Å²) >= 11 is 0. The molecule has 2 aromatic rings. The molecule has 0 N–H and O–H groups in total. The van der Waals surface area contributed by atoms with E-state index in [4.69, 9.17) is 4.74 Å². The zero-order valence-corrected chi connectivity index (χ0v) is 17.6. The number of amides is 1. The Balaban J connectivity index is 1.79. The van der Waals surface area contributed by atoms with E-state index in [1.54, 1.807) is 17.0 Å². The van der Waals surface area contributed by atoms with E-state index in [0.29, 0.717) is 12.3 Å². The summed E-state index contributed by atoms with van der Waals surface area (Å²) in [4.78, 5) is 15.0. The molecule has 1 aromatic heterocycles. The molecule has 1 saturated carbocycles. The first-order valence-corrected chi connectivity index (χ1v) is 11.0. The van der Waals surface area contributed by atoms with Crippen molar-refractivity contribution in [3.63, 3.8) is 0 Å². The number of nitrogens with zero attached hydrogens (tertiary/aromatic N) is 3. The summed E-state index contributed by atoms with van der Waals surface area (Å²) in [5.41, 5.74) is 1.01. The van der Waals surface area contributed by atoms with E-state index in [-0.39, 0.29) is 29.9 Å². The summed E-state index contributed by atoms with van der Waals surface area (Å²) < 4.78 is 34.4. The molecule has 1 amide bonds. The highest BCUT2D eigenvalue weighted by Gasteiger charge is 2.35. The van der Waals surface area contributed by atoms with Crippen LogP contribution in [-0.2, 0) is 28.4 Å².